The van der Waals surface area contributed by atoms with E-state index in [0.29, 0.717) is 28.9 Å². The highest BCUT2D eigenvalue weighted by Crippen LogP contribution is 2.32. The van der Waals surface area contributed by atoms with Gasteiger partial charge in [0, 0.05) is 6.54 Å². The van der Waals surface area contributed by atoms with Gasteiger partial charge in [-0.3, -0.25) is 9.89 Å². The Morgan fingerprint density at radius 1 is 1.06 bits per heavy atom. The number of H-pyrrole nitrogens is 1. The number of ether oxygens (including phenoxy) is 2. The number of carbonyl (C=O) groups is 1. The average molecular weight is 431 g/mol. The van der Waals surface area contributed by atoms with Crippen molar-refractivity contribution in [2.24, 2.45) is 0 Å². The number of aromatic amines is 1. The molecule has 0 aliphatic carbocycles. The van der Waals surface area contributed by atoms with Crippen LogP contribution in [0.15, 0.2) is 60.7 Å². The first-order valence-electron chi connectivity index (χ1n) is 9.99. The van der Waals surface area contributed by atoms with Crippen LogP contribution in [0.5, 0.6) is 11.5 Å². The van der Waals surface area contributed by atoms with Crippen LogP contribution in [0.25, 0.3) is 23.1 Å². The van der Waals surface area contributed by atoms with Gasteiger partial charge in [-0.15, -0.1) is 0 Å². The number of fused-ring (bicyclic) bond motifs is 1. The van der Waals surface area contributed by atoms with Crippen molar-refractivity contribution in [1.29, 1.82) is 0 Å². The fourth-order valence-corrected chi connectivity index (χ4v) is 3.43. The summed E-state index contributed by atoms with van der Waals surface area (Å²) in [4.78, 5) is 12.9. The molecule has 4 aromatic rings. The zero-order chi connectivity index (χ0) is 22.5. The van der Waals surface area contributed by atoms with Crippen LogP contribution in [0.4, 0.5) is 4.39 Å². The summed E-state index contributed by atoms with van der Waals surface area (Å²) >= 11 is 0. The average Bonchev–Trinajstić information content (AvgIpc) is 3.25. The molecule has 1 heterocycles. The molecule has 0 bridgehead atoms. The molecule has 162 valence electrons. The van der Waals surface area contributed by atoms with Crippen LogP contribution in [-0.2, 0) is 6.54 Å². The maximum Gasteiger partial charge on any atom is 0.255 e. The maximum atomic E-state index is 13.1. The van der Waals surface area contributed by atoms with Gasteiger partial charge < -0.3 is 14.8 Å². The molecule has 1 amide bonds. The first kappa shape index (κ1) is 21.1. The molecule has 0 aliphatic rings. The van der Waals surface area contributed by atoms with Gasteiger partial charge in [-0.1, -0.05) is 30.3 Å². The molecule has 4 rings (SSSR count). The molecular formula is C25H22FN3O3. The van der Waals surface area contributed by atoms with Crippen molar-refractivity contribution in [2.75, 3.05) is 14.2 Å². The molecule has 0 spiro atoms. The lowest BCUT2D eigenvalue weighted by atomic mass is 10.1. The molecule has 0 fully saturated rings. The number of amides is 1. The van der Waals surface area contributed by atoms with Crippen molar-refractivity contribution < 1.29 is 18.7 Å². The lowest BCUT2D eigenvalue weighted by Crippen LogP contribution is -2.23. The number of halogens is 1. The Morgan fingerprint density at radius 2 is 1.88 bits per heavy atom. The van der Waals surface area contributed by atoms with Crippen LogP contribution < -0.4 is 14.8 Å². The number of rotatable bonds is 7. The van der Waals surface area contributed by atoms with Gasteiger partial charge in [0.15, 0.2) is 0 Å². The predicted molar refractivity (Wildman–Crippen MR) is 122 cm³/mol. The molecule has 1 aromatic heterocycles. The Balaban J connectivity index is 1.61. The second-order valence-electron chi connectivity index (χ2n) is 7.10. The number of hydrogen-bond donors (Lipinski definition) is 2. The van der Waals surface area contributed by atoms with Crippen molar-refractivity contribution in [2.45, 2.75) is 6.54 Å². The van der Waals surface area contributed by atoms with E-state index in [9.17, 15) is 9.18 Å². The van der Waals surface area contributed by atoms with Crippen molar-refractivity contribution in [3.05, 3.63) is 88.9 Å². The fraction of sp³-hybridized carbons (Fsp3) is 0.120. The van der Waals surface area contributed by atoms with Crippen LogP contribution in [0.2, 0.25) is 0 Å². The van der Waals surface area contributed by atoms with Crippen molar-refractivity contribution in [3.63, 3.8) is 0 Å². The first-order chi connectivity index (χ1) is 15.6. The molecule has 7 heteroatoms. The smallest absolute Gasteiger partial charge is 0.255 e. The summed E-state index contributed by atoms with van der Waals surface area (Å²) in [6, 6.07) is 17.1. The summed E-state index contributed by atoms with van der Waals surface area (Å²) in [6.07, 6.45) is 3.62. The Hall–Kier alpha value is -4.13. The number of nitrogens with one attached hydrogen (secondary N) is 2. The second-order valence-corrected chi connectivity index (χ2v) is 7.10. The van der Waals surface area contributed by atoms with E-state index >= 15 is 0 Å². The van der Waals surface area contributed by atoms with E-state index in [2.05, 4.69) is 15.5 Å². The summed E-state index contributed by atoms with van der Waals surface area (Å²) in [5.74, 6) is 0.602. The molecule has 32 heavy (non-hydrogen) atoms. The Morgan fingerprint density at radius 3 is 2.62 bits per heavy atom. The number of aromatic nitrogens is 2. The lowest BCUT2D eigenvalue weighted by molar-refractivity contribution is 0.0948. The minimum Gasteiger partial charge on any atom is -0.497 e. The number of methoxy groups -OCH3 is 2. The lowest BCUT2D eigenvalue weighted by Gasteiger charge is -2.11. The predicted octanol–water partition coefficient (Wildman–Crippen LogP) is 4.82. The highest BCUT2D eigenvalue weighted by atomic mass is 19.1. The molecule has 0 unspecified atom stereocenters. The van der Waals surface area contributed by atoms with E-state index in [4.69, 9.17) is 9.47 Å². The summed E-state index contributed by atoms with van der Waals surface area (Å²) in [5.41, 5.74) is 3.51. The quantitative estimate of drug-likeness (QED) is 0.440. The standard InChI is InChI=1S/C25H22FN3O3/c1-31-19-5-3-4-17(14-19)15-27-25(30)20-11-13-22-23(24(20)32-2)21(28-29-22)12-8-16-6-9-18(26)10-7-16/h3-14H,15H2,1-2H3,(H,27,30)(H,28,29)/b12-8+. The molecule has 0 atom stereocenters. The Kier molecular flexibility index (Phi) is 6.17. The summed E-state index contributed by atoms with van der Waals surface area (Å²) in [5, 5.41) is 10.9. The van der Waals surface area contributed by atoms with E-state index in [1.54, 1.807) is 37.5 Å². The van der Waals surface area contributed by atoms with Crippen molar-refractivity contribution in [1.82, 2.24) is 15.5 Å². The van der Waals surface area contributed by atoms with E-state index in [1.165, 1.54) is 19.2 Å². The molecule has 0 aliphatic heterocycles. The van der Waals surface area contributed by atoms with Crippen LogP contribution >= 0.6 is 0 Å². The van der Waals surface area contributed by atoms with Gasteiger partial charge in [0.05, 0.1) is 36.4 Å². The fourth-order valence-electron chi connectivity index (χ4n) is 3.43. The molecule has 2 N–H and O–H groups in total. The van der Waals surface area contributed by atoms with Gasteiger partial charge in [0.1, 0.15) is 17.3 Å². The van der Waals surface area contributed by atoms with Crippen LogP contribution in [0.1, 0.15) is 27.2 Å². The highest BCUT2D eigenvalue weighted by molar-refractivity contribution is 6.05. The maximum absolute atomic E-state index is 13.1. The molecule has 0 saturated carbocycles. The molecule has 3 aromatic carbocycles. The normalized spacial score (nSPS) is 11.1. The van der Waals surface area contributed by atoms with Gasteiger partial charge in [0.25, 0.3) is 5.91 Å². The monoisotopic (exact) mass is 431 g/mol. The van der Waals surface area contributed by atoms with Gasteiger partial charge in [-0.2, -0.15) is 5.10 Å². The van der Waals surface area contributed by atoms with Crippen LogP contribution in [-0.4, -0.2) is 30.3 Å². The second kappa shape index (κ2) is 9.34. The van der Waals surface area contributed by atoms with Gasteiger partial charge in [-0.05, 0) is 53.6 Å². The molecule has 0 saturated heterocycles. The highest BCUT2D eigenvalue weighted by Gasteiger charge is 2.18. The Bertz CT molecular complexity index is 1280. The Labute approximate surface area is 184 Å². The number of benzene rings is 3. The molecule has 0 radical (unpaired) electrons. The van der Waals surface area contributed by atoms with Gasteiger partial charge >= 0.3 is 0 Å². The molecule has 6 nitrogen and oxygen atoms in total. The van der Waals surface area contributed by atoms with Gasteiger partial charge in [0.2, 0.25) is 0 Å². The van der Waals surface area contributed by atoms with E-state index in [0.717, 1.165) is 22.4 Å². The third kappa shape index (κ3) is 4.46. The summed E-state index contributed by atoms with van der Waals surface area (Å²) in [7, 11) is 3.12. The summed E-state index contributed by atoms with van der Waals surface area (Å²) < 4.78 is 24.0. The van der Waals surface area contributed by atoms with Gasteiger partial charge in [-0.25, -0.2) is 4.39 Å². The minimum atomic E-state index is -0.293. The third-order valence-electron chi connectivity index (χ3n) is 5.05. The number of carbonyl (C=O) groups excluding carboxylic acids is 1. The topological polar surface area (TPSA) is 76.2 Å². The first-order valence-corrected chi connectivity index (χ1v) is 9.99. The van der Waals surface area contributed by atoms with Crippen molar-refractivity contribution >= 4 is 29.0 Å². The SMILES string of the molecule is COc1cccc(CNC(=O)c2ccc3[nH]nc(/C=C/c4ccc(F)cc4)c3c2OC)c1. The number of hydrogen-bond acceptors (Lipinski definition) is 4. The zero-order valence-corrected chi connectivity index (χ0v) is 17.7. The summed E-state index contributed by atoms with van der Waals surface area (Å²) in [6.45, 7) is 0.347. The van der Waals surface area contributed by atoms with E-state index in [1.807, 2.05) is 30.3 Å². The van der Waals surface area contributed by atoms with E-state index in [-0.39, 0.29) is 11.7 Å². The van der Waals surface area contributed by atoms with Crippen LogP contribution in [0.3, 0.4) is 0 Å². The minimum absolute atomic E-state index is 0.263. The number of nitrogens with zero attached hydrogens (tertiary/aromatic N) is 1. The van der Waals surface area contributed by atoms with Crippen LogP contribution in [0, 0.1) is 5.82 Å². The van der Waals surface area contributed by atoms with E-state index < -0.39 is 0 Å². The largest absolute Gasteiger partial charge is 0.497 e. The third-order valence-corrected chi connectivity index (χ3v) is 5.05. The molecular weight excluding hydrogens is 409 g/mol. The zero-order valence-electron chi connectivity index (χ0n) is 17.7. The van der Waals surface area contributed by atoms with Crippen molar-refractivity contribution in [3.8, 4) is 11.5 Å².